The summed E-state index contributed by atoms with van der Waals surface area (Å²) in [7, 11) is 0. The van der Waals surface area contributed by atoms with Gasteiger partial charge in [0.1, 0.15) is 23.6 Å². The fourth-order valence-electron chi connectivity index (χ4n) is 3.57. The molecule has 4 aromatic heterocycles. The number of nitrogens with two attached hydrogens (primary N) is 1. The Labute approximate surface area is 183 Å². The summed E-state index contributed by atoms with van der Waals surface area (Å²) in [5.41, 5.74) is 11.7. The zero-order chi connectivity index (χ0) is 22.1. The molecule has 0 aliphatic heterocycles. The topological polar surface area (TPSA) is 124 Å². The first-order valence-corrected chi connectivity index (χ1v) is 10.1. The van der Waals surface area contributed by atoms with E-state index in [1.54, 1.807) is 12.4 Å². The van der Waals surface area contributed by atoms with Crippen molar-refractivity contribution in [3.63, 3.8) is 0 Å². The Morgan fingerprint density at radius 3 is 2.62 bits per heavy atom. The van der Waals surface area contributed by atoms with Crippen LogP contribution >= 0.6 is 0 Å². The van der Waals surface area contributed by atoms with Crippen LogP contribution in [0.4, 0.5) is 5.82 Å². The summed E-state index contributed by atoms with van der Waals surface area (Å²) >= 11 is 0. The van der Waals surface area contributed by atoms with Crippen LogP contribution in [0.2, 0.25) is 0 Å². The van der Waals surface area contributed by atoms with E-state index in [9.17, 15) is 0 Å². The number of aromatic nitrogens is 7. The lowest BCUT2D eigenvalue weighted by molar-refractivity contribution is 0.610. The maximum Gasteiger partial charge on any atom is 0.165 e. The molecule has 0 spiro atoms. The third kappa shape index (κ3) is 3.33. The maximum absolute atomic E-state index is 8.88. The van der Waals surface area contributed by atoms with E-state index in [1.807, 2.05) is 47.0 Å². The van der Waals surface area contributed by atoms with E-state index in [0.29, 0.717) is 28.7 Å². The smallest absolute Gasteiger partial charge is 0.165 e. The molecule has 0 saturated heterocycles. The van der Waals surface area contributed by atoms with Gasteiger partial charge in [0.15, 0.2) is 11.5 Å². The first-order valence-electron chi connectivity index (χ1n) is 10.1. The summed E-state index contributed by atoms with van der Waals surface area (Å²) in [5.74, 6) is 1.06. The lowest BCUT2D eigenvalue weighted by Crippen LogP contribution is -2.02. The minimum Gasteiger partial charge on any atom is -0.383 e. The monoisotopic (exact) mass is 421 g/mol. The molecule has 156 valence electrons. The van der Waals surface area contributed by atoms with Gasteiger partial charge in [-0.05, 0) is 48.4 Å². The number of pyridine rings is 2. The van der Waals surface area contributed by atoms with Gasteiger partial charge in [0, 0.05) is 11.9 Å². The number of hydrogen-bond donors (Lipinski definition) is 1. The molecular weight excluding hydrogens is 402 g/mol. The van der Waals surface area contributed by atoms with Gasteiger partial charge in [0.2, 0.25) is 0 Å². The number of nitriles is 1. The van der Waals surface area contributed by atoms with Gasteiger partial charge >= 0.3 is 0 Å². The lowest BCUT2D eigenvalue weighted by Gasteiger charge is -2.11. The van der Waals surface area contributed by atoms with E-state index < -0.39 is 0 Å². The Balaban J connectivity index is 1.74. The second-order valence-electron chi connectivity index (χ2n) is 7.18. The van der Waals surface area contributed by atoms with E-state index in [-0.39, 0.29) is 6.54 Å². The van der Waals surface area contributed by atoms with Crippen LogP contribution in [-0.2, 0) is 13.0 Å². The van der Waals surface area contributed by atoms with Crippen LogP contribution in [0.5, 0.6) is 0 Å². The van der Waals surface area contributed by atoms with Crippen LogP contribution in [-0.4, -0.2) is 34.5 Å². The predicted octanol–water partition coefficient (Wildman–Crippen LogP) is 3.41. The zero-order valence-electron chi connectivity index (χ0n) is 17.3. The fraction of sp³-hybridized carbons (Fsp3) is 0.130. The third-order valence-corrected chi connectivity index (χ3v) is 5.20. The molecule has 0 atom stereocenters. The van der Waals surface area contributed by atoms with Crippen molar-refractivity contribution in [3.8, 4) is 34.5 Å². The number of nitrogen functional groups attached to an aromatic ring is 1. The van der Waals surface area contributed by atoms with Crippen molar-refractivity contribution >= 4 is 17.0 Å². The molecule has 5 aromatic rings. The number of rotatable bonds is 5. The molecule has 0 bridgehead atoms. The molecule has 2 N–H and O–H groups in total. The molecule has 0 amide bonds. The minimum atomic E-state index is 0.0778. The Hall–Kier alpha value is -4.58. The van der Waals surface area contributed by atoms with Crippen LogP contribution < -0.4 is 5.73 Å². The van der Waals surface area contributed by atoms with Gasteiger partial charge in [-0.1, -0.05) is 19.1 Å². The van der Waals surface area contributed by atoms with E-state index >= 15 is 0 Å². The highest BCUT2D eigenvalue weighted by atomic mass is 15.5. The number of hydrogen-bond acceptors (Lipinski definition) is 7. The van der Waals surface area contributed by atoms with Crippen molar-refractivity contribution < 1.29 is 0 Å². The number of aryl methyl sites for hydroxylation is 1. The summed E-state index contributed by atoms with van der Waals surface area (Å²) in [5, 5.41) is 17.3. The van der Waals surface area contributed by atoms with Gasteiger partial charge in [-0.25, -0.2) is 15.0 Å². The summed E-state index contributed by atoms with van der Waals surface area (Å²) in [4.78, 5) is 15.2. The molecule has 5 rings (SSSR count). The van der Waals surface area contributed by atoms with Crippen molar-refractivity contribution in [1.82, 2.24) is 34.5 Å². The normalized spacial score (nSPS) is 11.0. The zero-order valence-corrected chi connectivity index (χ0v) is 17.3. The van der Waals surface area contributed by atoms with Crippen LogP contribution in [0, 0.1) is 11.3 Å². The second-order valence-corrected chi connectivity index (χ2v) is 7.18. The summed E-state index contributed by atoms with van der Waals surface area (Å²) < 4.78 is 1.98. The third-order valence-electron chi connectivity index (χ3n) is 5.20. The molecule has 0 unspecified atom stereocenters. The minimum absolute atomic E-state index is 0.0778. The summed E-state index contributed by atoms with van der Waals surface area (Å²) in [6.07, 6.45) is 4.21. The molecule has 0 aliphatic rings. The Kier molecular flexibility index (Phi) is 4.80. The molecule has 9 nitrogen and oxygen atoms in total. The van der Waals surface area contributed by atoms with Crippen molar-refractivity contribution in [2.24, 2.45) is 0 Å². The SMILES string of the molecule is CCc1ccc(-n2c(-c3cccnc3N)nc3ccc(-c4cnn(CC#N)n4)nc32)cc1. The highest BCUT2D eigenvalue weighted by Crippen LogP contribution is 2.31. The largest absolute Gasteiger partial charge is 0.383 e. The van der Waals surface area contributed by atoms with Gasteiger partial charge in [-0.15, -0.1) is 0 Å². The van der Waals surface area contributed by atoms with Gasteiger partial charge in [-0.2, -0.15) is 20.3 Å². The molecular formula is C23H19N9. The van der Waals surface area contributed by atoms with Crippen molar-refractivity contribution in [2.75, 3.05) is 5.73 Å². The highest BCUT2D eigenvalue weighted by molar-refractivity contribution is 5.84. The average Bonchev–Trinajstić information content (AvgIpc) is 3.44. The fourth-order valence-corrected chi connectivity index (χ4v) is 3.57. The van der Waals surface area contributed by atoms with Crippen LogP contribution in [0.3, 0.4) is 0 Å². The molecule has 0 saturated carbocycles. The first-order chi connectivity index (χ1) is 15.7. The Bertz CT molecular complexity index is 1460. The first kappa shape index (κ1) is 19.4. The van der Waals surface area contributed by atoms with E-state index in [2.05, 4.69) is 34.2 Å². The Morgan fingerprint density at radius 1 is 1.03 bits per heavy atom. The maximum atomic E-state index is 8.88. The van der Waals surface area contributed by atoms with E-state index in [1.165, 1.54) is 10.4 Å². The van der Waals surface area contributed by atoms with Gasteiger partial charge in [0.05, 0.1) is 23.5 Å². The summed E-state index contributed by atoms with van der Waals surface area (Å²) in [6.45, 7) is 2.20. The molecule has 0 aliphatic carbocycles. The summed E-state index contributed by atoms with van der Waals surface area (Å²) in [6, 6.07) is 17.8. The number of fused-ring (bicyclic) bond motifs is 1. The van der Waals surface area contributed by atoms with Gasteiger partial charge in [-0.3, -0.25) is 4.57 Å². The van der Waals surface area contributed by atoms with Crippen LogP contribution in [0.15, 0.2) is 60.9 Å². The number of anilines is 1. The standard InChI is InChI=1S/C23H19N9/c1-2-15-5-7-16(8-6-15)32-22(17-4-3-12-26-21(17)25)29-19-10-9-18(28-23(19)32)20-14-27-31(30-20)13-11-24/h3-10,12,14H,2,13H2,1H3,(H2,25,26). The second kappa shape index (κ2) is 7.92. The van der Waals surface area contributed by atoms with Crippen molar-refractivity contribution in [2.45, 2.75) is 19.9 Å². The van der Waals surface area contributed by atoms with Crippen molar-refractivity contribution in [3.05, 3.63) is 66.5 Å². The number of benzene rings is 1. The predicted molar refractivity (Wildman–Crippen MR) is 121 cm³/mol. The molecule has 0 radical (unpaired) electrons. The van der Waals surface area contributed by atoms with Gasteiger partial charge < -0.3 is 5.73 Å². The lowest BCUT2D eigenvalue weighted by atomic mass is 10.1. The van der Waals surface area contributed by atoms with E-state index in [0.717, 1.165) is 23.2 Å². The molecule has 4 heterocycles. The van der Waals surface area contributed by atoms with E-state index in [4.69, 9.17) is 21.0 Å². The van der Waals surface area contributed by atoms with Crippen LogP contribution in [0.1, 0.15) is 12.5 Å². The number of nitrogens with zero attached hydrogens (tertiary/aromatic N) is 8. The highest BCUT2D eigenvalue weighted by Gasteiger charge is 2.19. The van der Waals surface area contributed by atoms with Crippen molar-refractivity contribution in [1.29, 1.82) is 5.26 Å². The molecule has 32 heavy (non-hydrogen) atoms. The quantitative estimate of drug-likeness (QED) is 0.461. The molecule has 9 heteroatoms. The molecule has 0 fully saturated rings. The average molecular weight is 421 g/mol. The van der Waals surface area contributed by atoms with Crippen LogP contribution in [0.25, 0.3) is 39.6 Å². The number of imidazole rings is 1. The molecule has 1 aromatic carbocycles. The Morgan fingerprint density at radius 2 is 1.88 bits per heavy atom. The van der Waals surface area contributed by atoms with Gasteiger partial charge in [0.25, 0.3) is 0 Å².